The Morgan fingerprint density at radius 2 is 1.94 bits per heavy atom. The molecule has 0 saturated heterocycles. The van der Waals surface area contributed by atoms with E-state index in [1.165, 1.54) is 0 Å². The lowest BCUT2D eigenvalue weighted by Gasteiger charge is -2.20. The van der Waals surface area contributed by atoms with Crippen LogP contribution in [0.25, 0.3) is 0 Å². The first kappa shape index (κ1) is 15.2. The van der Waals surface area contributed by atoms with Gasteiger partial charge in [0.2, 0.25) is 3.79 Å². The molecular formula is C11H13Cl3N2O2. The molecular weight excluding hydrogens is 298 g/mol. The maximum absolute atomic E-state index is 11.3. The average molecular weight is 312 g/mol. The molecule has 0 unspecified atom stereocenters. The Labute approximate surface area is 121 Å². The summed E-state index contributed by atoms with van der Waals surface area (Å²) >= 11 is 16.4. The normalized spacial score (nSPS) is 10.9. The van der Waals surface area contributed by atoms with Crippen LogP contribution in [-0.4, -0.2) is 30.2 Å². The topological polar surface area (TPSA) is 41.6 Å². The van der Waals surface area contributed by atoms with Crippen LogP contribution in [0.2, 0.25) is 0 Å². The lowest BCUT2D eigenvalue weighted by molar-refractivity contribution is 0.148. The van der Waals surface area contributed by atoms with Gasteiger partial charge in [0.1, 0.15) is 6.61 Å². The number of para-hydroxylation sites is 1. The third-order valence-electron chi connectivity index (χ3n) is 2.02. The number of nitrogens with one attached hydrogen (secondary N) is 1. The minimum absolute atomic E-state index is 0.293. The average Bonchev–Trinajstić information content (AvgIpc) is 2.33. The molecule has 0 aliphatic carbocycles. The van der Waals surface area contributed by atoms with Crippen LogP contribution in [0.1, 0.15) is 0 Å². The second-order valence-electron chi connectivity index (χ2n) is 3.56. The minimum atomic E-state index is -1.59. The lowest BCUT2D eigenvalue weighted by atomic mass is 10.3. The first-order valence-corrected chi connectivity index (χ1v) is 6.25. The molecule has 0 radical (unpaired) electrons. The summed E-state index contributed by atoms with van der Waals surface area (Å²) in [5.41, 5.74) is 0.971. The zero-order valence-corrected chi connectivity index (χ0v) is 12.0. The van der Waals surface area contributed by atoms with Crippen molar-refractivity contribution in [2.75, 3.05) is 25.2 Å². The number of carbonyl (C=O) groups is 1. The van der Waals surface area contributed by atoms with Crippen molar-refractivity contribution in [2.24, 2.45) is 0 Å². The molecule has 4 nitrogen and oxygen atoms in total. The largest absolute Gasteiger partial charge is 0.445 e. The molecule has 0 atom stereocenters. The molecule has 0 spiro atoms. The van der Waals surface area contributed by atoms with Gasteiger partial charge in [-0.2, -0.15) is 0 Å². The van der Waals surface area contributed by atoms with E-state index in [9.17, 15) is 4.79 Å². The molecule has 18 heavy (non-hydrogen) atoms. The predicted molar refractivity (Wildman–Crippen MR) is 74.5 cm³/mol. The number of benzene rings is 1. The molecule has 0 aliphatic heterocycles. The Balaban J connectivity index is 2.31. The number of alkyl halides is 3. The second kappa shape index (κ2) is 6.92. The van der Waals surface area contributed by atoms with Crippen LogP contribution in [0.4, 0.5) is 10.5 Å². The summed E-state index contributed by atoms with van der Waals surface area (Å²) in [7, 11) is 1.84. The van der Waals surface area contributed by atoms with Crippen LogP contribution in [0.15, 0.2) is 30.3 Å². The van der Waals surface area contributed by atoms with Crippen LogP contribution < -0.4 is 10.2 Å². The molecule has 1 aromatic rings. The van der Waals surface area contributed by atoms with Gasteiger partial charge in [0, 0.05) is 12.7 Å². The first-order valence-electron chi connectivity index (χ1n) is 5.12. The minimum Gasteiger partial charge on any atom is -0.445 e. The summed E-state index contributed by atoms with van der Waals surface area (Å²) in [6.45, 7) is 0.00125. The number of halogens is 3. The number of amides is 1. The van der Waals surface area contributed by atoms with Crippen molar-refractivity contribution >= 4 is 46.6 Å². The Morgan fingerprint density at radius 3 is 2.50 bits per heavy atom. The molecule has 0 saturated carbocycles. The third-order valence-corrected chi connectivity index (χ3v) is 2.35. The van der Waals surface area contributed by atoms with E-state index in [1.807, 2.05) is 42.3 Å². The number of alkyl carbamates (subject to hydrolysis) is 1. The molecule has 0 aromatic heterocycles. The highest BCUT2D eigenvalue weighted by Gasteiger charge is 2.22. The van der Waals surface area contributed by atoms with E-state index < -0.39 is 9.89 Å². The fraction of sp³-hybridized carbons (Fsp3) is 0.364. The molecule has 1 amide bonds. The second-order valence-corrected chi connectivity index (χ2v) is 6.08. The fourth-order valence-corrected chi connectivity index (χ4v) is 1.32. The summed E-state index contributed by atoms with van der Waals surface area (Å²) in [6, 6.07) is 9.59. The van der Waals surface area contributed by atoms with E-state index in [0.717, 1.165) is 5.69 Å². The predicted octanol–water partition coefficient (Wildman–Crippen LogP) is 3.18. The Kier molecular flexibility index (Phi) is 5.85. The zero-order valence-electron chi connectivity index (χ0n) is 9.70. The van der Waals surface area contributed by atoms with Crippen molar-refractivity contribution in [1.29, 1.82) is 0 Å². The Hall–Kier alpha value is -0.840. The first-order chi connectivity index (χ1) is 8.38. The fourth-order valence-electron chi connectivity index (χ4n) is 1.16. The number of ether oxygens (including phenoxy) is 1. The van der Waals surface area contributed by atoms with Crippen molar-refractivity contribution < 1.29 is 9.53 Å². The van der Waals surface area contributed by atoms with E-state index in [4.69, 9.17) is 39.5 Å². The van der Waals surface area contributed by atoms with Gasteiger partial charge in [-0.25, -0.2) is 4.79 Å². The Bertz CT molecular complexity index is 382. The number of hydrogen-bond acceptors (Lipinski definition) is 3. The van der Waals surface area contributed by atoms with Gasteiger partial charge in [-0.3, -0.25) is 0 Å². The maximum Gasteiger partial charge on any atom is 0.408 e. The SMILES string of the molecule is CN(CNC(=O)OCC(Cl)(Cl)Cl)c1ccccc1. The Morgan fingerprint density at radius 1 is 1.33 bits per heavy atom. The van der Waals surface area contributed by atoms with Crippen molar-refractivity contribution in [3.8, 4) is 0 Å². The van der Waals surface area contributed by atoms with Gasteiger partial charge in [-0.15, -0.1) is 0 Å². The van der Waals surface area contributed by atoms with Crippen molar-refractivity contribution in [2.45, 2.75) is 3.79 Å². The summed E-state index contributed by atoms with van der Waals surface area (Å²) in [5, 5.41) is 2.54. The highest BCUT2D eigenvalue weighted by molar-refractivity contribution is 6.67. The summed E-state index contributed by atoms with van der Waals surface area (Å²) in [6.07, 6.45) is -0.635. The van der Waals surface area contributed by atoms with Crippen LogP contribution in [0.3, 0.4) is 0 Å². The highest BCUT2D eigenvalue weighted by Crippen LogP contribution is 2.25. The smallest absolute Gasteiger partial charge is 0.408 e. The van der Waals surface area contributed by atoms with E-state index in [0.29, 0.717) is 6.67 Å². The van der Waals surface area contributed by atoms with Gasteiger partial charge in [0.15, 0.2) is 0 Å². The van der Waals surface area contributed by atoms with Crippen LogP contribution in [0.5, 0.6) is 0 Å². The van der Waals surface area contributed by atoms with Gasteiger partial charge < -0.3 is 15.0 Å². The van der Waals surface area contributed by atoms with Crippen LogP contribution >= 0.6 is 34.8 Å². The van der Waals surface area contributed by atoms with E-state index in [1.54, 1.807) is 0 Å². The van der Waals surface area contributed by atoms with E-state index in [2.05, 4.69) is 5.32 Å². The number of carbonyl (C=O) groups excluding carboxylic acids is 1. The van der Waals surface area contributed by atoms with Crippen molar-refractivity contribution in [3.63, 3.8) is 0 Å². The van der Waals surface area contributed by atoms with E-state index in [-0.39, 0.29) is 6.61 Å². The summed E-state index contributed by atoms with van der Waals surface area (Å²) in [4.78, 5) is 13.1. The van der Waals surface area contributed by atoms with Crippen molar-refractivity contribution in [3.05, 3.63) is 30.3 Å². The molecule has 7 heteroatoms. The quantitative estimate of drug-likeness (QED) is 0.686. The lowest BCUT2D eigenvalue weighted by Crippen LogP contribution is -2.36. The van der Waals surface area contributed by atoms with Crippen LogP contribution in [0, 0.1) is 0 Å². The number of rotatable bonds is 4. The number of nitrogens with zero attached hydrogens (tertiary/aromatic N) is 1. The molecule has 1 aromatic carbocycles. The molecule has 0 fully saturated rings. The van der Waals surface area contributed by atoms with Gasteiger partial charge in [0.25, 0.3) is 0 Å². The molecule has 1 rings (SSSR count). The number of anilines is 1. The van der Waals surface area contributed by atoms with Crippen molar-refractivity contribution in [1.82, 2.24) is 5.32 Å². The van der Waals surface area contributed by atoms with Gasteiger partial charge in [0.05, 0.1) is 6.67 Å². The summed E-state index contributed by atoms with van der Waals surface area (Å²) < 4.78 is 3.13. The molecule has 0 bridgehead atoms. The number of hydrogen-bond donors (Lipinski definition) is 1. The highest BCUT2D eigenvalue weighted by atomic mass is 35.6. The molecule has 0 aliphatic rings. The maximum atomic E-state index is 11.3. The summed E-state index contributed by atoms with van der Waals surface area (Å²) in [5.74, 6) is 0. The van der Waals surface area contributed by atoms with Gasteiger partial charge in [-0.05, 0) is 12.1 Å². The monoisotopic (exact) mass is 310 g/mol. The standard InChI is InChI=1S/C11H13Cl3N2O2/c1-16(9-5-3-2-4-6-9)8-15-10(17)18-7-11(12,13)14/h2-6H,7-8H2,1H3,(H,15,17). The van der Waals surface area contributed by atoms with E-state index >= 15 is 0 Å². The molecule has 0 heterocycles. The molecule has 100 valence electrons. The van der Waals surface area contributed by atoms with Gasteiger partial charge in [-0.1, -0.05) is 53.0 Å². The molecule has 1 N–H and O–H groups in total. The zero-order chi connectivity index (χ0) is 13.6. The van der Waals surface area contributed by atoms with Crippen LogP contribution in [-0.2, 0) is 4.74 Å². The van der Waals surface area contributed by atoms with Gasteiger partial charge >= 0.3 is 6.09 Å². The third kappa shape index (κ3) is 6.19.